The molecule has 1 aromatic carbocycles. The molecule has 2 rings (SSSR count). The molecule has 1 atom stereocenters. The molecule has 4 nitrogen and oxygen atoms in total. The summed E-state index contributed by atoms with van der Waals surface area (Å²) in [5, 5.41) is 3.30. The van der Waals surface area contributed by atoms with Crippen molar-refractivity contribution in [1.82, 2.24) is 5.32 Å². The predicted octanol–water partition coefficient (Wildman–Crippen LogP) is 1.34. The van der Waals surface area contributed by atoms with Crippen molar-refractivity contribution in [2.24, 2.45) is 5.92 Å². The molecule has 1 aliphatic heterocycles. The fourth-order valence-electron chi connectivity index (χ4n) is 2.39. The van der Waals surface area contributed by atoms with E-state index in [9.17, 15) is 12.6 Å². The molecule has 1 fully saturated rings. The lowest BCUT2D eigenvalue weighted by Crippen LogP contribution is -2.30. The van der Waals surface area contributed by atoms with E-state index in [0.29, 0.717) is 16.6 Å². The highest BCUT2D eigenvalue weighted by Gasteiger charge is 2.16. The molecule has 0 saturated carbocycles. The molecular weight excluding hydrogens is 294 g/mol. The molecule has 112 valence electrons. The van der Waals surface area contributed by atoms with Gasteiger partial charge in [-0.25, -0.2) is 8.42 Å². The van der Waals surface area contributed by atoms with Crippen molar-refractivity contribution in [3.8, 4) is 0 Å². The van der Waals surface area contributed by atoms with Gasteiger partial charge in [0.15, 0.2) is 9.84 Å². The summed E-state index contributed by atoms with van der Waals surface area (Å²) in [6.07, 6.45) is 3.38. The second-order valence-electron chi connectivity index (χ2n) is 5.36. The van der Waals surface area contributed by atoms with Crippen LogP contribution in [0.15, 0.2) is 29.2 Å². The monoisotopic (exact) mass is 315 g/mol. The van der Waals surface area contributed by atoms with E-state index in [1.165, 1.54) is 6.26 Å². The van der Waals surface area contributed by atoms with Gasteiger partial charge in [0.1, 0.15) is 0 Å². The summed E-state index contributed by atoms with van der Waals surface area (Å²) < 4.78 is 34.9. The summed E-state index contributed by atoms with van der Waals surface area (Å²) in [6, 6.07) is 6.70. The van der Waals surface area contributed by atoms with Crippen LogP contribution in [-0.2, 0) is 26.4 Å². The molecule has 20 heavy (non-hydrogen) atoms. The average molecular weight is 315 g/mol. The number of rotatable bonds is 5. The number of piperidine rings is 1. The normalized spacial score (nSPS) is 18.9. The zero-order chi connectivity index (χ0) is 14.6. The van der Waals surface area contributed by atoms with Crippen LogP contribution in [0.4, 0.5) is 0 Å². The van der Waals surface area contributed by atoms with E-state index >= 15 is 0 Å². The van der Waals surface area contributed by atoms with Crippen LogP contribution in [0.1, 0.15) is 18.4 Å². The van der Waals surface area contributed by atoms with Crippen LogP contribution in [0.25, 0.3) is 0 Å². The zero-order valence-electron chi connectivity index (χ0n) is 11.7. The number of nitrogens with one attached hydrogen (secondary N) is 1. The zero-order valence-corrected chi connectivity index (χ0v) is 13.3. The van der Waals surface area contributed by atoms with E-state index in [1.807, 2.05) is 0 Å². The maximum atomic E-state index is 12.1. The van der Waals surface area contributed by atoms with Crippen LogP contribution in [0.3, 0.4) is 0 Å². The van der Waals surface area contributed by atoms with E-state index in [2.05, 4.69) is 5.32 Å². The molecule has 0 aromatic heterocycles. The lowest BCUT2D eigenvalue weighted by atomic mass is 10.0. The molecule has 1 heterocycles. The van der Waals surface area contributed by atoms with Gasteiger partial charge in [-0.1, -0.05) is 12.1 Å². The summed E-state index contributed by atoms with van der Waals surface area (Å²) >= 11 is 0. The van der Waals surface area contributed by atoms with Gasteiger partial charge in [0, 0.05) is 28.6 Å². The van der Waals surface area contributed by atoms with Crippen molar-refractivity contribution >= 4 is 20.6 Å². The molecule has 1 aliphatic rings. The average Bonchev–Trinajstić information content (AvgIpc) is 2.39. The van der Waals surface area contributed by atoms with Gasteiger partial charge >= 0.3 is 0 Å². The topological polar surface area (TPSA) is 63.2 Å². The minimum Gasteiger partial charge on any atom is -0.317 e. The Morgan fingerprint density at radius 1 is 1.20 bits per heavy atom. The first kappa shape index (κ1) is 15.7. The third-order valence-electron chi connectivity index (χ3n) is 3.56. The van der Waals surface area contributed by atoms with E-state index in [-0.39, 0.29) is 0 Å². The molecule has 1 unspecified atom stereocenters. The Kier molecular flexibility index (Phi) is 5.35. The Morgan fingerprint density at radius 3 is 2.35 bits per heavy atom. The Balaban J connectivity index is 1.91. The highest BCUT2D eigenvalue weighted by Crippen LogP contribution is 2.16. The Bertz CT molecular complexity index is 561. The highest BCUT2D eigenvalue weighted by atomic mass is 32.2. The summed E-state index contributed by atoms with van der Waals surface area (Å²) in [7, 11) is -4.03. The SMILES string of the molecule is CS(=O)(=O)c1ccc(CS(=O)CC2CCNCC2)cc1. The molecular formula is C14H21NO3S2. The quantitative estimate of drug-likeness (QED) is 0.890. The molecule has 6 heteroatoms. The molecule has 0 spiro atoms. The fourth-order valence-corrected chi connectivity index (χ4v) is 4.56. The first-order chi connectivity index (χ1) is 9.45. The van der Waals surface area contributed by atoms with Gasteiger partial charge in [-0.15, -0.1) is 0 Å². The van der Waals surface area contributed by atoms with Crippen LogP contribution in [0.2, 0.25) is 0 Å². The molecule has 1 N–H and O–H groups in total. The molecule has 0 radical (unpaired) electrons. The van der Waals surface area contributed by atoms with Crippen molar-refractivity contribution in [2.75, 3.05) is 25.1 Å². The van der Waals surface area contributed by atoms with Gasteiger partial charge in [0.25, 0.3) is 0 Å². The van der Waals surface area contributed by atoms with Gasteiger partial charge < -0.3 is 5.32 Å². The van der Waals surface area contributed by atoms with Crippen molar-refractivity contribution in [1.29, 1.82) is 0 Å². The Morgan fingerprint density at radius 2 is 1.80 bits per heavy atom. The van der Waals surface area contributed by atoms with E-state index in [1.54, 1.807) is 24.3 Å². The van der Waals surface area contributed by atoms with Crippen LogP contribution in [0.5, 0.6) is 0 Å². The van der Waals surface area contributed by atoms with Gasteiger partial charge in [-0.2, -0.15) is 0 Å². The van der Waals surface area contributed by atoms with Crippen LogP contribution in [0, 0.1) is 5.92 Å². The van der Waals surface area contributed by atoms with Crippen molar-refractivity contribution in [3.05, 3.63) is 29.8 Å². The maximum Gasteiger partial charge on any atom is 0.175 e. The molecule has 1 aromatic rings. The van der Waals surface area contributed by atoms with Gasteiger partial charge in [-0.3, -0.25) is 4.21 Å². The third-order valence-corrected chi connectivity index (χ3v) is 6.19. The van der Waals surface area contributed by atoms with E-state index in [4.69, 9.17) is 0 Å². The lowest BCUT2D eigenvalue weighted by Gasteiger charge is -2.21. The van der Waals surface area contributed by atoms with Gasteiger partial charge in [0.05, 0.1) is 4.90 Å². The van der Waals surface area contributed by atoms with Gasteiger partial charge in [-0.05, 0) is 49.5 Å². The first-order valence-electron chi connectivity index (χ1n) is 6.80. The maximum absolute atomic E-state index is 12.1. The highest BCUT2D eigenvalue weighted by molar-refractivity contribution is 7.90. The Labute approximate surface area is 123 Å². The van der Waals surface area contributed by atoms with Crippen LogP contribution in [-0.4, -0.2) is 37.7 Å². The standard InChI is InChI=1S/C14H21NO3S2/c1-20(17,18)14-4-2-12(3-5-14)10-19(16)11-13-6-8-15-9-7-13/h2-5,13,15H,6-11H2,1H3. The fraction of sp³-hybridized carbons (Fsp3) is 0.571. The second-order valence-corrected chi connectivity index (χ2v) is 8.88. The number of hydrogen-bond donors (Lipinski definition) is 1. The minimum atomic E-state index is -3.15. The van der Waals surface area contributed by atoms with Crippen molar-refractivity contribution in [3.63, 3.8) is 0 Å². The minimum absolute atomic E-state index is 0.311. The first-order valence-corrected chi connectivity index (χ1v) is 10.2. The largest absolute Gasteiger partial charge is 0.317 e. The molecule has 0 bridgehead atoms. The molecule has 0 aliphatic carbocycles. The number of benzene rings is 1. The Hall–Kier alpha value is -0.720. The molecule has 0 amide bonds. The van der Waals surface area contributed by atoms with Crippen molar-refractivity contribution in [2.45, 2.75) is 23.5 Å². The smallest absolute Gasteiger partial charge is 0.175 e. The summed E-state index contributed by atoms with van der Waals surface area (Å²) in [5.74, 6) is 1.80. The van der Waals surface area contributed by atoms with Crippen LogP contribution < -0.4 is 5.32 Å². The summed E-state index contributed by atoms with van der Waals surface area (Å²) in [5.41, 5.74) is 0.935. The third kappa shape index (κ3) is 4.68. The van der Waals surface area contributed by atoms with Gasteiger partial charge in [0.2, 0.25) is 0 Å². The second kappa shape index (κ2) is 6.83. The lowest BCUT2D eigenvalue weighted by molar-refractivity contribution is 0.405. The number of hydrogen-bond acceptors (Lipinski definition) is 4. The molecule has 1 saturated heterocycles. The van der Waals surface area contributed by atoms with Crippen molar-refractivity contribution < 1.29 is 12.6 Å². The van der Waals surface area contributed by atoms with E-state index < -0.39 is 20.6 Å². The number of sulfone groups is 1. The summed E-state index contributed by atoms with van der Waals surface area (Å²) in [4.78, 5) is 0.311. The van der Waals surface area contributed by atoms with E-state index in [0.717, 1.165) is 37.2 Å². The predicted molar refractivity (Wildman–Crippen MR) is 81.9 cm³/mol. The summed E-state index contributed by atoms with van der Waals surface area (Å²) in [6.45, 7) is 2.04. The van der Waals surface area contributed by atoms with Crippen LogP contribution >= 0.6 is 0 Å².